The van der Waals surface area contributed by atoms with Crippen molar-refractivity contribution in [1.82, 2.24) is 0 Å². The van der Waals surface area contributed by atoms with E-state index in [-0.39, 0.29) is 36.6 Å². The van der Waals surface area contributed by atoms with Crippen LogP contribution in [0.2, 0.25) is 0 Å². The number of aliphatic hydroxyl groups is 1. The van der Waals surface area contributed by atoms with Gasteiger partial charge in [-0.15, -0.1) is 13.2 Å². The van der Waals surface area contributed by atoms with Gasteiger partial charge in [0.2, 0.25) is 0 Å². The Morgan fingerprint density at radius 3 is 1.85 bits per heavy atom. The Hall–Kier alpha value is -4.66. The summed E-state index contributed by atoms with van der Waals surface area (Å²) in [6.45, 7) is -0.552. The lowest BCUT2D eigenvalue weighted by Gasteiger charge is -2.28. The molecule has 0 aromatic heterocycles. The van der Waals surface area contributed by atoms with Crippen LogP contribution in [-0.4, -0.2) is 30.5 Å². The average Bonchev–Trinajstić information content (AvgIpc) is 2.99. The van der Waals surface area contributed by atoms with E-state index in [0.29, 0.717) is 11.3 Å². The smallest absolute Gasteiger partial charge is 0.489 e. The molecule has 252 valence electrons. The van der Waals surface area contributed by atoms with Crippen molar-refractivity contribution in [2.45, 2.75) is 44.3 Å². The zero-order chi connectivity index (χ0) is 34.4. The van der Waals surface area contributed by atoms with Gasteiger partial charge in [0, 0.05) is 24.8 Å². The van der Waals surface area contributed by atoms with Crippen LogP contribution in [0.3, 0.4) is 0 Å². The van der Waals surface area contributed by atoms with Crippen molar-refractivity contribution < 1.29 is 63.2 Å². The Morgan fingerprint density at radius 1 is 0.660 bits per heavy atom. The standard InChI is InChI=1S/C32H25F10NO4/c33-29(34)31(38,39)46-26-8-1-4-20(14-26)17-43(18-28(44)22-10-12-23(13-11-22)30(35,36)37)24-6-3-7-25(16-24)45-19-21-5-2-9-27(15-21)47-32(40,41)42/h1-16,28-29,44H,17-19H2. The van der Waals surface area contributed by atoms with Crippen LogP contribution >= 0.6 is 0 Å². The van der Waals surface area contributed by atoms with E-state index in [1.807, 2.05) is 0 Å². The van der Waals surface area contributed by atoms with E-state index in [1.165, 1.54) is 41.3 Å². The Morgan fingerprint density at radius 2 is 1.23 bits per heavy atom. The molecule has 5 nitrogen and oxygen atoms in total. The first kappa shape index (κ1) is 35.2. The van der Waals surface area contributed by atoms with E-state index in [0.717, 1.165) is 48.5 Å². The topological polar surface area (TPSA) is 51.2 Å². The second-order valence-electron chi connectivity index (χ2n) is 10.1. The molecule has 0 radical (unpaired) electrons. The van der Waals surface area contributed by atoms with Gasteiger partial charge in [-0.1, -0.05) is 42.5 Å². The average molecular weight is 678 g/mol. The monoisotopic (exact) mass is 677 g/mol. The SMILES string of the molecule is OC(CN(Cc1cccc(OC(F)(F)C(F)F)c1)c1cccc(OCc2cccc(OC(F)(F)F)c2)c1)c1ccc(C(F)(F)F)cc1. The van der Waals surface area contributed by atoms with Crippen LogP contribution in [0.15, 0.2) is 97.1 Å². The highest BCUT2D eigenvalue weighted by molar-refractivity contribution is 5.52. The zero-order valence-corrected chi connectivity index (χ0v) is 23.9. The fraction of sp³-hybridized carbons (Fsp3) is 0.250. The largest absolute Gasteiger partial charge is 0.573 e. The van der Waals surface area contributed by atoms with E-state index in [1.54, 1.807) is 12.1 Å². The van der Waals surface area contributed by atoms with Crippen molar-refractivity contribution in [3.8, 4) is 17.2 Å². The summed E-state index contributed by atoms with van der Waals surface area (Å²) in [4.78, 5) is 1.53. The van der Waals surface area contributed by atoms with Gasteiger partial charge in [0.15, 0.2) is 0 Å². The Labute approximate surface area is 261 Å². The lowest BCUT2D eigenvalue weighted by atomic mass is 10.1. The highest BCUT2D eigenvalue weighted by Crippen LogP contribution is 2.33. The van der Waals surface area contributed by atoms with Gasteiger partial charge in [-0.25, -0.2) is 0 Å². The molecule has 0 amide bonds. The van der Waals surface area contributed by atoms with Crippen LogP contribution in [0.5, 0.6) is 17.2 Å². The molecule has 0 saturated carbocycles. The maximum absolute atomic E-state index is 13.5. The van der Waals surface area contributed by atoms with Crippen LogP contribution in [-0.2, 0) is 19.3 Å². The molecular weight excluding hydrogens is 652 g/mol. The normalized spacial score (nSPS) is 12.9. The quantitative estimate of drug-likeness (QED) is 0.143. The second-order valence-corrected chi connectivity index (χ2v) is 10.1. The number of nitrogens with zero attached hydrogens (tertiary/aromatic N) is 1. The molecule has 0 heterocycles. The predicted molar refractivity (Wildman–Crippen MR) is 149 cm³/mol. The van der Waals surface area contributed by atoms with Gasteiger partial charge in [-0.05, 0) is 65.2 Å². The number of halogens is 10. The van der Waals surface area contributed by atoms with Crippen molar-refractivity contribution in [2.75, 3.05) is 11.4 Å². The second kappa shape index (κ2) is 14.4. The Kier molecular flexibility index (Phi) is 10.8. The fourth-order valence-electron chi connectivity index (χ4n) is 4.37. The third kappa shape index (κ3) is 10.4. The number of alkyl halides is 10. The molecule has 0 aliphatic heterocycles. The molecule has 4 rings (SSSR count). The number of rotatable bonds is 13. The summed E-state index contributed by atoms with van der Waals surface area (Å²) in [5.41, 5.74) is 0.184. The summed E-state index contributed by atoms with van der Waals surface area (Å²) in [6, 6.07) is 20.0. The molecule has 1 unspecified atom stereocenters. The molecule has 15 heteroatoms. The van der Waals surface area contributed by atoms with E-state index < -0.39 is 48.2 Å². The fourth-order valence-corrected chi connectivity index (χ4v) is 4.37. The van der Waals surface area contributed by atoms with Crippen LogP contribution < -0.4 is 19.1 Å². The predicted octanol–water partition coefficient (Wildman–Crippen LogP) is 9.16. The van der Waals surface area contributed by atoms with Crippen molar-refractivity contribution in [3.05, 3.63) is 119 Å². The number of hydrogen-bond acceptors (Lipinski definition) is 5. The van der Waals surface area contributed by atoms with Gasteiger partial charge < -0.3 is 24.2 Å². The molecule has 4 aromatic carbocycles. The minimum atomic E-state index is -4.89. The van der Waals surface area contributed by atoms with Crippen LogP contribution in [0, 0.1) is 0 Å². The highest BCUT2D eigenvalue weighted by atomic mass is 19.4. The first-order chi connectivity index (χ1) is 22.0. The summed E-state index contributed by atoms with van der Waals surface area (Å²) < 4.78 is 143. The minimum Gasteiger partial charge on any atom is -0.489 e. The van der Waals surface area contributed by atoms with Gasteiger partial charge in [0.05, 0.1) is 11.7 Å². The number of ether oxygens (including phenoxy) is 3. The summed E-state index contributed by atoms with van der Waals surface area (Å²) in [5, 5.41) is 11.0. The van der Waals surface area contributed by atoms with Gasteiger partial charge in [0.1, 0.15) is 23.9 Å². The molecule has 0 spiro atoms. The number of hydrogen-bond donors (Lipinski definition) is 1. The van der Waals surface area contributed by atoms with Gasteiger partial charge in [0.25, 0.3) is 0 Å². The lowest BCUT2D eigenvalue weighted by Crippen LogP contribution is -2.33. The summed E-state index contributed by atoms with van der Waals surface area (Å²) >= 11 is 0. The summed E-state index contributed by atoms with van der Waals surface area (Å²) in [7, 11) is 0. The molecule has 0 bridgehead atoms. The van der Waals surface area contributed by atoms with Crippen molar-refractivity contribution >= 4 is 5.69 Å². The highest BCUT2D eigenvalue weighted by Gasteiger charge is 2.44. The first-order valence-corrected chi connectivity index (χ1v) is 13.6. The minimum absolute atomic E-state index is 0.130. The molecule has 4 aromatic rings. The van der Waals surface area contributed by atoms with E-state index in [2.05, 4.69) is 9.47 Å². The molecule has 1 atom stereocenters. The summed E-state index contributed by atoms with van der Waals surface area (Å²) in [6.07, 6.45) is -19.7. The molecule has 0 fully saturated rings. The maximum Gasteiger partial charge on any atom is 0.573 e. The third-order valence-electron chi connectivity index (χ3n) is 6.52. The maximum atomic E-state index is 13.5. The Bertz CT molecular complexity index is 1610. The van der Waals surface area contributed by atoms with Crippen molar-refractivity contribution in [2.24, 2.45) is 0 Å². The van der Waals surface area contributed by atoms with Crippen molar-refractivity contribution in [3.63, 3.8) is 0 Å². The van der Waals surface area contributed by atoms with E-state index in [4.69, 9.17) is 4.74 Å². The van der Waals surface area contributed by atoms with Crippen LogP contribution in [0.25, 0.3) is 0 Å². The molecule has 1 N–H and O–H groups in total. The van der Waals surface area contributed by atoms with E-state index in [9.17, 15) is 49.0 Å². The molecule has 0 aliphatic carbocycles. The third-order valence-corrected chi connectivity index (χ3v) is 6.52. The van der Waals surface area contributed by atoms with E-state index >= 15 is 0 Å². The number of benzene rings is 4. The van der Waals surface area contributed by atoms with Crippen LogP contribution in [0.4, 0.5) is 49.6 Å². The first-order valence-electron chi connectivity index (χ1n) is 13.6. The van der Waals surface area contributed by atoms with Gasteiger partial charge >= 0.3 is 25.1 Å². The zero-order valence-electron chi connectivity index (χ0n) is 23.9. The van der Waals surface area contributed by atoms with Gasteiger partial charge in [-0.2, -0.15) is 30.7 Å². The lowest BCUT2D eigenvalue weighted by molar-refractivity contribution is -0.274. The number of anilines is 1. The number of aliphatic hydroxyl groups excluding tert-OH is 1. The Balaban J connectivity index is 1.58. The van der Waals surface area contributed by atoms with Crippen LogP contribution in [0.1, 0.15) is 28.4 Å². The van der Waals surface area contributed by atoms with Crippen molar-refractivity contribution in [1.29, 1.82) is 0 Å². The molecule has 47 heavy (non-hydrogen) atoms. The summed E-state index contributed by atoms with van der Waals surface area (Å²) in [5.74, 6) is -0.787. The van der Waals surface area contributed by atoms with Gasteiger partial charge in [-0.3, -0.25) is 0 Å². The molecule has 0 saturated heterocycles. The molecule has 0 aliphatic rings. The molecular formula is C32H25F10NO4.